The topological polar surface area (TPSA) is 29.5 Å². The van der Waals surface area contributed by atoms with E-state index in [1.807, 2.05) is 0 Å². The fourth-order valence-corrected chi connectivity index (χ4v) is 2.20. The van der Waals surface area contributed by atoms with Gasteiger partial charge in [0, 0.05) is 16.1 Å². The minimum Gasteiger partial charge on any atom is -0.494 e. The van der Waals surface area contributed by atoms with E-state index in [-0.39, 0.29) is 10.5 Å². The third kappa shape index (κ3) is 4.21. The summed E-state index contributed by atoms with van der Waals surface area (Å²) in [5.74, 6) is 0.160. The van der Waals surface area contributed by atoms with Gasteiger partial charge in [-0.05, 0) is 6.07 Å². The molecule has 96 valence electrons. The molecule has 0 amide bonds. The van der Waals surface area contributed by atoms with Crippen LogP contribution in [0.2, 0.25) is 0 Å². The van der Waals surface area contributed by atoms with E-state index < -0.39 is 11.9 Å². The summed E-state index contributed by atoms with van der Waals surface area (Å²) in [5.41, 5.74) is 0.293. The van der Waals surface area contributed by atoms with Crippen LogP contribution in [0.15, 0.2) is 18.2 Å². The summed E-state index contributed by atoms with van der Waals surface area (Å²) in [5, 5.41) is 9.97. The molecular formula is C13H19FO2S. The lowest BCUT2D eigenvalue weighted by atomic mass is 10.1. The van der Waals surface area contributed by atoms with E-state index in [1.54, 1.807) is 30.0 Å². The van der Waals surface area contributed by atoms with Gasteiger partial charge in [-0.25, -0.2) is 4.39 Å². The molecule has 0 bridgehead atoms. The van der Waals surface area contributed by atoms with Gasteiger partial charge in [0.15, 0.2) is 11.6 Å². The molecule has 1 N–H and O–H groups in total. The Bertz CT molecular complexity index is 374. The van der Waals surface area contributed by atoms with Crippen LogP contribution >= 0.6 is 11.8 Å². The third-order valence-corrected chi connectivity index (χ3v) is 3.59. The molecule has 4 heteroatoms. The summed E-state index contributed by atoms with van der Waals surface area (Å²) in [6, 6.07) is 4.82. The Balaban J connectivity index is 2.79. The first-order valence-electron chi connectivity index (χ1n) is 5.49. The summed E-state index contributed by atoms with van der Waals surface area (Å²) < 4.78 is 18.8. The van der Waals surface area contributed by atoms with Crippen molar-refractivity contribution in [2.75, 3.05) is 12.9 Å². The predicted octanol–water partition coefficient (Wildman–Crippen LogP) is 3.40. The third-order valence-electron chi connectivity index (χ3n) is 2.25. The van der Waals surface area contributed by atoms with E-state index in [4.69, 9.17) is 4.74 Å². The highest BCUT2D eigenvalue weighted by Gasteiger charge is 2.19. The van der Waals surface area contributed by atoms with Crippen LogP contribution in [0.5, 0.6) is 5.75 Å². The highest BCUT2D eigenvalue weighted by Crippen LogP contribution is 2.31. The van der Waals surface area contributed by atoms with Crippen molar-refractivity contribution in [2.45, 2.75) is 31.6 Å². The molecular weight excluding hydrogens is 239 g/mol. The molecule has 1 unspecified atom stereocenters. The predicted molar refractivity (Wildman–Crippen MR) is 70.1 cm³/mol. The Labute approximate surface area is 106 Å². The van der Waals surface area contributed by atoms with Crippen LogP contribution in [0.25, 0.3) is 0 Å². The number of benzene rings is 1. The van der Waals surface area contributed by atoms with E-state index in [2.05, 4.69) is 20.8 Å². The van der Waals surface area contributed by atoms with Crippen molar-refractivity contribution in [1.82, 2.24) is 0 Å². The summed E-state index contributed by atoms with van der Waals surface area (Å²) in [4.78, 5) is 0. The van der Waals surface area contributed by atoms with Gasteiger partial charge in [-0.3, -0.25) is 0 Å². The molecule has 1 aromatic carbocycles. The van der Waals surface area contributed by atoms with Gasteiger partial charge < -0.3 is 9.84 Å². The first-order valence-corrected chi connectivity index (χ1v) is 6.48. The number of methoxy groups -OCH3 is 1. The molecule has 0 aliphatic heterocycles. The van der Waals surface area contributed by atoms with E-state index in [0.29, 0.717) is 11.3 Å². The number of hydrogen-bond donors (Lipinski definition) is 1. The summed E-state index contributed by atoms with van der Waals surface area (Å²) in [7, 11) is 1.42. The average molecular weight is 258 g/mol. The van der Waals surface area contributed by atoms with E-state index in [1.165, 1.54) is 7.11 Å². The summed E-state index contributed by atoms with van der Waals surface area (Å²) >= 11 is 1.60. The molecule has 1 rings (SSSR count). The van der Waals surface area contributed by atoms with Crippen LogP contribution < -0.4 is 4.74 Å². The van der Waals surface area contributed by atoms with Crippen LogP contribution in [-0.2, 0) is 0 Å². The van der Waals surface area contributed by atoms with Gasteiger partial charge in [-0.1, -0.05) is 32.9 Å². The van der Waals surface area contributed by atoms with Crippen LogP contribution in [0, 0.1) is 5.82 Å². The summed E-state index contributed by atoms with van der Waals surface area (Å²) in [6.45, 7) is 6.19. The minimum absolute atomic E-state index is 0.0519. The van der Waals surface area contributed by atoms with Crippen molar-refractivity contribution in [2.24, 2.45) is 0 Å². The maximum atomic E-state index is 13.8. The zero-order valence-electron chi connectivity index (χ0n) is 10.7. The number of aliphatic hydroxyl groups excluding tert-OH is 1. The zero-order chi connectivity index (χ0) is 13.1. The maximum absolute atomic E-state index is 13.8. The standard InChI is InChI=1S/C13H19FO2S/c1-13(2,3)17-8-10(15)9-6-5-7-11(16-4)12(9)14/h5-7,10,15H,8H2,1-4H3. The van der Waals surface area contributed by atoms with Gasteiger partial charge in [0.05, 0.1) is 13.2 Å². The molecule has 2 nitrogen and oxygen atoms in total. The highest BCUT2D eigenvalue weighted by molar-refractivity contribution is 8.00. The van der Waals surface area contributed by atoms with Crippen molar-refractivity contribution in [3.8, 4) is 5.75 Å². The maximum Gasteiger partial charge on any atom is 0.170 e. The number of hydrogen-bond acceptors (Lipinski definition) is 3. The lowest BCUT2D eigenvalue weighted by molar-refractivity contribution is 0.197. The van der Waals surface area contributed by atoms with Gasteiger partial charge in [0.25, 0.3) is 0 Å². The Morgan fingerprint density at radius 1 is 1.41 bits per heavy atom. The monoisotopic (exact) mass is 258 g/mol. The molecule has 1 atom stereocenters. The van der Waals surface area contributed by atoms with Crippen molar-refractivity contribution < 1.29 is 14.2 Å². The molecule has 1 aromatic rings. The van der Waals surface area contributed by atoms with E-state index in [9.17, 15) is 9.50 Å². The van der Waals surface area contributed by atoms with Gasteiger partial charge in [-0.2, -0.15) is 11.8 Å². The van der Waals surface area contributed by atoms with Crippen LogP contribution in [0.1, 0.15) is 32.4 Å². The second kappa shape index (κ2) is 5.74. The zero-order valence-corrected chi connectivity index (χ0v) is 11.5. The van der Waals surface area contributed by atoms with Crippen molar-refractivity contribution in [3.63, 3.8) is 0 Å². The Morgan fingerprint density at radius 3 is 2.59 bits per heavy atom. The number of aliphatic hydroxyl groups is 1. The molecule has 0 aliphatic rings. The van der Waals surface area contributed by atoms with Gasteiger partial charge >= 0.3 is 0 Å². The lowest BCUT2D eigenvalue weighted by Gasteiger charge is -2.20. The Hall–Kier alpha value is -0.740. The number of halogens is 1. The smallest absolute Gasteiger partial charge is 0.170 e. The molecule has 0 saturated carbocycles. The van der Waals surface area contributed by atoms with Crippen molar-refractivity contribution in [1.29, 1.82) is 0 Å². The molecule has 17 heavy (non-hydrogen) atoms. The first-order chi connectivity index (χ1) is 7.85. The van der Waals surface area contributed by atoms with E-state index >= 15 is 0 Å². The van der Waals surface area contributed by atoms with Gasteiger partial charge in [0.2, 0.25) is 0 Å². The highest BCUT2D eigenvalue weighted by atomic mass is 32.2. The van der Waals surface area contributed by atoms with Crippen molar-refractivity contribution >= 4 is 11.8 Å². The second-order valence-electron chi connectivity index (χ2n) is 4.80. The molecule has 0 heterocycles. The fraction of sp³-hybridized carbons (Fsp3) is 0.538. The Morgan fingerprint density at radius 2 is 2.06 bits per heavy atom. The van der Waals surface area contributed by atoms with Gasteiger partial charge in [-0.15, -0.1) is 0 Å². The quantitative estimate of drug-likeness (QED) is 0.897. The largest absolute Gasteiger partial charge is 0.494 e. The SMILES string of the molecule is COc1cccc(C(O)CSC(C)(C)C)c1F. The van der Waals surface area contributed by atoms with Crippen LogP contribution in [0.4, 0.5) is 4.39 Å². The molecule has 0 saturated heterocycles. The minimum atomic E-state index is -0.811. The lowest BCUT2D eigenvalue weighted by Crippen LogP contribution is -2.13. The average Bonchev–Trinajstić information content (AvgIpc) is 2.25. The first kappa shape index (κ1) is 14.3. The Kier molecular flexibility index (Phi) is 4.83. The number of thioether (sulfide) groups is 1. The second-order valence-corrected chi connectivity index (χ2v) is 6.65. The molecule has 0 spiro atoms. The van der Waals surface area contributed by atoms with Gasteiger partial charge in [0.1, 0.15) is 0 Å². The van der Waals surface area contributed by atoms with Crippen LogP contribution in [0.3, 0.4) is 0 Å². The van der Waals surface area contributed by atoms with Crippen molar-refractivity contribution in [3.05, 3.63) is 29.6 Å². The number of rotatable bonds is 4. The van der Waals surface area contributed by atoms with Crippen LogP contribution in [-0.4, -0.2) is 22.7 Å². The van der Waals surface area contributed by atoms with E-state index in [0.717, 1.165) is 0 Å². The summed E-state index contributed by atoms with van der Waals surface area (Å²) in [6.07, 6.45) is -0.811. The molecule has 0 radical (unpaired) electrons. The number of ether oxygens (including phenoxy) is 1. The molecule has 0 aliphatic carbocycles. The fourth-order valence-electron chi connectivity index (χ4n) is 1.36. The molecule has 0 aromatic heterocycles. The molecule has 0 fully saturated rings. The normalized spacial score (nSPS) is 13.5.